The van der Waals surface area contributed by atoms with Gasteiger partial charge in [-0.1, -0.05) is 6.07 Å². The first kappa shape index (κ1) is 17.3. The Bertz CT molecular complexity index is 729. The van der Waals surface area contributed by atoms with Gasteiger partial charge in [0.25, 0.3) is 0 Å². The molecule has 3 aliphatic rings. The zero-order chi connectivity index (χ0) is 18.3. The number of hydrogen-bond donors (Lipinski definition) is 1. The van der Waals surface area contributed by atoms with Gasteiger partial charge in [-0.25, -0.2) is 0 Å². The number of hydrogen-bond acceptors (Lipinski definition) is 4. The summed E-state index contributed by atoms with van der Waals surface area (Å²) in [7, 11) is 1.70. The number of methoxy groups -OCH3 is 1. The Hall–Kier alpha value is -2.08. The lowest BCUT2D eigenvalue weighted by Crippen LogP contribution is -2.49. The van der Waals surface area contributed by atoms with Crippen LogP contribution in [0.2, 0.25) is 0 Å². The van der Waals surface area contributed by atoms with Crippen LogP contribution in [0, 0.1) is 5.92 Å². The third-order valence-corrected chi connectivity index (χ3v) is 6.20. The smallest absolute Gasteiger partial charge is 0.236 e. The largest absolute Gasteiger partial charge is 0.497 e. The number of piperidine rings is 1. The molecule has 2 aliphatic heterocycles. The second-order valence-corrected chi connectivity index (χ2v) is 8.03. The van der Waals surface area contributed by atoms with E-state index in [0.29, 0.717) is 13.1 Å². The van der Waals surface area contributed by atoms with Gasteiger partial charge in [-0.3, -0.25) is 14.5 Å². The SMILES string of the molecule is COc1ccc2c(c1)C1(CC1)CN(CC(=O)N1CCCC(C(N)=O)C1)C2. The van der Waals surface area contributed by atoms with Crippen molar-refractivity contribution in [2.75, 3.05) is 33.3 Å². The molecule has 26 heavy (non-hydrogen) atoms. The molecule has 1 saturated heterocycles. The minimum Gasteiger partial charge on any atom is -0.497 e. The molecule has 2 heterocycles. The van der Waals surface area contributed by atoms with Crippen molar-refractivity contribution in [3.63, 3.8) is 0 Å². The Kier molecular flexibility index (Phi) is 4.39. The fourth-order valence-corrected chi connectivity index (χ4v) is 4.54. The Morgan fingerprint density at radius 3 is 2.85 bits per heavy atom. The van der Waals surface area contributed by atoms with Crippen molar-refractivity contribution in [1.82, 2.24) is 9.80 Å². The number of ether oxygens (including phenoxy) is 1. The molecule has 6 nitrogen and oxygen atoms in total. The number of primary amides is 1. The highest BCUT2D eigenvalue weighted by atomic mass is 16.5. The van der Waals surface area contributed by atoms with Gasteiger partial charge in [0.15, 0.2) is 0 Å². The zero-order valence-corrected chi connectivity index (χ0v) is 15.4. The average Bonchev–Trinajstić information content (AvgIpc) is 3.41. The predicted molar refractivity (Wildman–Crippen MR) is 97.7 cm³/mol. The standard InChI is InChI=1S/C20H27N3O3/c1-26-16-5-4-14-10-22(13-20(6-7-20)17(14)9-16)12-18(24)23-8-2-3-15(11-23)19(21)25/h4-5,9,15H,2-3,6-8,10-13H2,1H3,(H2,21,25). The zero-order valence-electron chi connectivity index (χ0n) is 15.4. The molecule has 1 aliphatic carbocycles. The van der Waals surface area contributed by atoms with Gasteiger partial charge in [0.05, 0.1) is 19.6 Å². The normalized spacial score (nSPS) is 24.2. The molecule has 2 N–H and O–H groups in total. The molecule has 0 bridgehead atoms. The highest BCUT2D eigenvalue weighted by Gasteiger charge is 2.49. The molecular weight excluding hydrogens is 330 g/mol. The number of fused-ring (bicyclic) bond motifs is 2. The Labute approximate surface area is 154 Å². The Morgan fingerprint density at radius 1 is 1.35 bits per heavy atom. The van der Waals surface area contributed by atoms with E-state index < -0.39 is 0 Å². The molecule has 1 aromatic carbocycles. The highest BCUT2D eigenvalue weighted by Crippen LogP contribution is 2.53. The molecule has 1 atom stereocenters. The minimum absolute atomic E-state index is 0.115. The van der Waals surface area contributed by atoms with E-state index in [1.807, 2.05) is 11.0 Å². The van der Waals surface area contributed by atoms with Crippen molar-refractivity contribution in [1.29, 1.82) is 0 Å². The van der Waals surface area contributed by atoms with Crippen LogP contribution in [0.15, 0.2) is 18.2 Å². The number of carbonyl (C=O) groups excluding carboxylic acids is 2. The van der Waals surface area contributed by atoms with E-state index in [1.54, 1.807) is 7.11 Å². The van der Waals surface area contributed by atoms with E-state index >= 15 is 0 Å². The van der Waals surface area contributed by atoms with Crippen LogP contribution in [0.3, 0.4) is 0 Å². The number of likely N-dealkylation sites (tertiary alicyclic amines) is 1. The molecule has 2 fully saturated rings. The molecular formula is C20H27N3O3. The Morgan fingerprint density at radius 2 is 2.15 bits per heavy atom. The maximum absolute atomic E-state index is 12.8. The average molecular weight is 357 g/mol. The van der Waals surface area contributed by atoms with Crippen molar-refractivity contribution in [2.24, 2.45) is 11.7 Å². The van der Waals surface area contributed by atoms with Crippen molar-refractivity contribution >= 4 is 11.8 Å². The number of benzene rings is 1. The molecule has 4 rings (SSSR count). The van der Waals surface area contributed by atoms with Crippen LogP contribution in [0.5, 0.6) is 5.75 Å². The molecule has 0 radical (unpaired) electrons. The van der Waals surface area contributed by atoms with Crippen molar-refractivity contribution in [2.45, 2.75) is 37.6 Å². The van der Waals surface area contributed by atoms with E-state index in [0.717, 1.165) is 38.2 Å². The molecule has 140 valence electrons. The highest BCUT2D eigenvalue weighted by molar-refractivity contribution is 5.81. The molecule has 1 spiro atoms. The second-order valence-electron chi connectivity index (χ2n) is 8.03. The predicted octanol–water partition coefficient (Wildman–Crippen LogP) is 1.27. The number of amides is 2. The van der Waals surface area contributed by atoms with Crippen molar-refractivity contribution in [3.05, 3.63) is 29.3 Å². The fourth-order valence-electron chi connectivity index (χ4n) is 4.54. The summed E-state index contributed by atoms with van der Waals surface area (Å²) >= 11 is 0. The maximum atomic E-state index is 12.8. The van der Waals surface area contributed by atoms with Crippen LogP contribution in [-0.2, 0) is 21.5 Å². The van der Waals surface area contributed by atoms with Crippen LogP contribution >= 0.6 is 0 Å². The summed E-state index contributed by atoms with van der Waals surface area (Å²) < 4.78 is 5.39. The summed E-state index contributed by atoms with van der Waals surface area (Å²) in [6.07, 6.45) is 3.99. The first-order valence-corrected chi connectivity index (χ1v) is 9.48. The summed E-state index contributed by atoms with van der Waals surface area (Å²) in [6, 6.07) is 6.31. The van der Waals surface area contributed by atoms with Crippen LogP contribution < -0.4 is 10.5 Å². The van der Waals surface area contributed by atoms with Gasteiger partial charge in [-0.15, -0.1) is 0 Å². The summed E-state index contributed by atoms with van der Waals surface area (Å²) in [4.78, 5) is 28.3. The third kappa shape index (κ3) is 3.18. The number of carbonyl (C=O) groups is 2. The first-order chi connectivity index (χ1) is 12.5. The van der Waals surface area contributed by atoms with Crippen LogP contribution in [0.4, 0.5) is 0 Å². The Balaban J connectivity index is 1.45. The van der Waals surface area contributed by atoms with Crippen molar-refractivity contribution < 1.29 is 14.3 Å². The lowest BCUT2D eigenvalue weighted by molar-refractivity contribution is -0.136. The lowest BCUT2D eigenvalue weighted by atomic mass is 9.86. The molecule has 2 amide bonds. The number of rotatable bonds is 4. The van der Waals surface area contributed by atoms with E-state index in [4.69, 9.17) is 10.5 Å². The fraction of sp³-hybridized carbons (Fsp3) is 0.600. The summed E-state index contributed by atoms with van der Waals surface area (Å²) in [5.41, 5.74) is 8.33. The first-order valence-electron chi connectivity index (χ1n) is 9.48. The van der Waals surface area contributed by atoms with Gasteiger partial charge in [-0.2, -0.15) is 0 Å². The maximum Gasteiger partial charge on any atom is 0.236 e. The van der Waals surface area contributed by atoms with Crippen molar-refractivity contribution in [3.8, 4) is 5.75 Å². The monoisotopic (exact) mass is 357 g/mol. The number of nitrogens with two attached hydrogens (primary N) is 1. The van der Waals surface area contributed by atoms with Gasteiger partial charge in [-0.05, 0) is 48.9 Å². The topological polar surface area (TPSA) is 75.9 Å². The molecule has 1 unspecified atom stereocenters. The van der Waals surface area contributed by atoms with Gasteiger partial charge in [0, 0.05) is 31.6 Å². The molecule has 6 heteroatoms. The quantitative estimate of drug-likeness (QED) is 0.880. The van der Waals surface area contributed by atoms with Gasteiger partial charge in [0.2, 0.25) is 11.8 Å². The van der Waals surface area contributed by atoms with Crippen LogP contribution in [0.1, 0.15) is 36.8 Å². The van der Waals surface area contributed by atoms with E-state index in [2.05, 4.69) is 17.0 Å². The third-order valence-electron chi connectivity index (χ3n) is 6.20. The summed E-state index contributed by atoms with van der Waals surface area (Å²) in [5, 5.41) is 0. The molecule has 1 aromatic rings. The van der Waals surface area contributed by atoms with E-state index in [9.17, 15) is 9.59 Å². The number of nitrogens with zero attached hydrogens (tertiary/aromatic N) is 2. The molecule has 1 saturated carbocycles. The summed E-state index contributed by atoms with van der Waals surface area (Å²) in [6.45, 7) is 3.33. The minimum atomic E-state index is -0.291. The van der Waals surface area contributed by atoms with Gasteiger partial charge >= 0.3 is 0 Å². The lowest BCUT2D eigenvalue weighted by Gasteiger charge is -2.37. The second kappa shape index (κ2) is 6.58. The van der Waals surface area contributed by atoms with Gasteiger partial charge < -0.3 is 15.4 Å². The van der Waals surface area contributed by atoms with E-state index in [-0.39, 0.29) is 23.1 Å². The van der Waals surface area contributed by atoms with Gasteiger partial charge in [0.1, 0.15) is 5.75 Å². The van der Waals surface area contributed by atoms with Crippen LogP contribution in [-0.4, -0.2) is 54.9 Å². The van der Waals surface area contributed by atoms with Crippen LogP contribution in [0.25, 0.3) is 0 Å². The summed E-state index contributed by atoms with van der Waals surface area (Å²) in [5.74, 6) is 0.534. The molecule has 0 aromatic heterocycles. The van der Waals surface area contributed by atoms with E-state index in [1.165, 1.54) is 24.0 Å².